The van der Waals surface area contributed by atoms with Gasteiger partial charge in [-0.3, -0.25) is 4.79 Å². The molecule has 0 spiro atoms. The van der Waals surface area contributed by atoms with Crippen molar-refractivity contribution in [2.45, 2.75) is 109 Å². The molecule has 4 nitrogen and oxygen atoms in total. The summed E-state index contributed by atoms with van der Waals surface area (Å²) in [6.07, 6.45) is 8.46. The van der Waals surface area contributed by atoms with Crippen LogP contribution in [0.4, 0.5) is 13.2 Å². The maximum Gasteiger partial charge on any atom is 0.401 e. The first-order valence-electron chi connectivity index (χ1n) is 16.6. The number of thioether (sulfide) groups is 1. The van der Waals surface area contributed by atoms with Gasteiger partial charge in [0.25, 0.3) is 0 Å². The van der Waals surface area contributed by atoms with Gasteiger partial charge in [-0.2, -0.15) is 13.2 Å². The molecule has 0 heterocycles. The molecule has 0 unspecified atom stereocenters. The maximum atomic E-state index is 13.5. The zero-order valence-electron chi connectivity index (χ0n) is 27.1. The van der Waals surface area contributed by atoms with Gasteiger partial charge in [-0.15, -0.1) is 0 Å². The summed E-state index contributed by atoms with van der Waals surface area (Å²) in [4.78, 5) is 25.3. The Morgan fingerprint density at radius 1 is 0.630 bits per heavy atom. The van der Waals surface area contributed by atoms with Gasteiger partial charge in [0.15, 0.2) is 0 Å². The molecule has 3 rings (SSSR count). The van der Waals surface area contributed by atoms with Crippen LogP contribution in [0.2, 0.25) is 0 Å². The second-order valence-electron chi connectivity index (χ2n) is 11.6. The van der Waals surface area contributed by atoms with Crippen LogP contribution >= 0.6 is 11.8 Å². The van der Waals surface area contributed by atoms with Gasteiger partial charge in [-0.05, 0) is 72.5 Å². The molecule has 0 saturated carbocycles. The third kappa shape index (κ3) is 13.2. The third-order valence-electron chi connectivity index (χ3n) is 7.81. The van der Waals surface area contributed by atoms with Gasteiger partial charge in [0, 0.05) is 5.56 Å². The number of unbranched alkanes of at least 4 members (excludes halogenated alkanes) is 10. The molecular formula is C38H47F3O4S. The van der Waals surface area contributed by atoms with Crippen molar-refractivity contribution in [1.29, 1.82) is 0 Å². The topological polar surface area (TPSA) is 52.6 Å². The van der Waals surface area contributed by atoms with Crippen molar-refractivity contribution in [1.82, 2.24) is 0 Å². The average Bonchev–Trinajstić information content (AvgIpc) is 3.05. The fourth-order valence-electron chi connectivity index (χ4n) is 5.04. The second-order valence-corrected chi connectivity index (χ2v) is 12.8. The van der Waals surface area contributed by atoms with Gasteiger partial charge in [-0.1, -0.05) is 121 Å². The van der Waals surface area contributed by atoms with E-state index in [1.165, 1.54) is 69.2 Å². The lowest BCUT2D eigenvalue weighted by Gasteiger charge is -2.19. The van der Waals surface area contributed by atoms with Crippen LogP contribution in [-0.4, -0.2) is 29.1 Å². The zero-order chi connectivity index (χ0) is 33.2. The molecule has 1 atom stereocenters. The van der Waals surface area contributed by atoms with E-state index in [9.17, 15) is 22.8 Å². The number of ether oxygens (including phenoxy) is 2. The monoisotopic (exact) mass is 656 g/mol. The SMILES string of the molecule is CCCCCCCCCCOc1ccc(-c2ccc(C(=O)Oc3ccc(C(=O)S[C@@H](CCCCCC)C(F)(F)F)cc3)cc2)cc1. The van der Waals surface area contributed by atoms with Crippen molar-refractivity contribution in [3.63, 3.8) is 0 Å². The van der Waals surface area contributed by atoms with Crippen LogP contribution < -0.4 is 9.47 Å². The van der Waals surface area contributed by atoms with E-state index >= 15 is 0 Å². The lowest BCUT2D eigenvalue weighted by atomic mass is 10.0. The molecule has 250 valence electrons. The van der Waals surface area contributed by atoms with Crippen LogP contribution in [0.5, 0.6) is 11.5 Å². The molecular weight excluding hydrogens is 609 g/mol. The van der Waals surface area contributed by atoms with Crippen LogP contribution in [0.15, 0.2) is 72.8 Å². The lowest BCUT2D eigenvalue weighted by molar-refractivity contribution is -0.129. The highest BCUT2D eigenvalue weighted by Crippen LogP contribution is 2.36. The number of alkyl halides is 3. The van der Waals surface area contributed by atoms with Crippen molar-refractivity contribution in [2.75, 3.05) is 6.61 Å². The number of carbonyl (C=O) groups is 2. The van der Waals surface area contributed by atoms with Crippen molar-refractivity contribution in [3.05, 3.63) is 83.9 Å². The number of halogens is 3. The fraction of sp³-hybridized carbons (Fsp3) is 0.474. The molecule has 3 aromatic rings. The molecule has 8 heteroatoms. The first-order valence-corrected chi connectivity index (χ1v) is 17.5. The molecule has 0 amide bonds. The lowest BCUT2D eigenvalue weighted by Crippen LogP contribution is -2.27. The summed E-state index contributed by atoms with van der Waals surface area (Å²) in [6, 6.07) is 20.5. The Bertz CT molecular complexity index is 1310. The minimum absolute atomic E-state index is 0.0898. The van der Waals surface area contributed by atoms with Gasteiger partial charge in [-0.25, -0.2) is 4.79 Å². The number of benzene rings is 3. The van der Waals surface area contributed by atoms with E-state index < -0.39 is 22.5 Å². The van der Waals surface area contributed by atoms with Crippen molar-refractivity contribution >= 4 is 22.8 Å². The zero-order valence-corrected chi connectivity index (χ0v) is 27.9. The summed E-state index contributed by atoms with van der Waals surface area (Å²) in [5.74, 6) is 0.458. The fourth-order valence-corrected chi connectivity index (χ4v) is 5.99. The summed E-state index contributed by atoms with van der Waals surface area (Å²) >= 11 is 0.309. The number of hydrogen-bond donors (Lipinski definition) is 0. The largest absolute Gasteiger partial charge is 0.494 e. The van der Waals surface area contributed by atoms with E-state index in [1.54, 1.807) is 12.1 Å². The van der Waals surface area contributed by atoms with Crippen molar-refractivity contribution in [3.8, 4) is 22.6 Å². The van der Waals surface area contributed by atoms with Crippen LogP contribution in [0.1, 0.15) is 118 Å². The molecule has 0 radical (unpaired) electrons. The van der Waals surface area contributed by atoms with Gasteiger partial charge in [0.05, 0.1) is 12.2 Å². The number of rotatable bonds is 20. The highest BCUT2D eigenvalue weighted by molar-refractivity contribution is 8.14. The summed E-state index contributed by atoms with van der Waals surface area (Å²) in [5, 5.41) is -2.40. The summed E-state index contributed by atoms with van der Waals surface area (Å²) in [7, 11) is 0. The molecule has 0 aliphatic carbocycles. The van der Waals surface area contributed by atoms with E-state index in [1.807, 2.05) is 43.3 Å². The number of hydrogen-bond acceptors (Lipinski definition) is 5. The second kappa shape index (κ2) is 20.1. The normalized spacial score (nSPS) is 12.1. The number of esters is 1. The summed E-state index contributed by atoms with van der Waals surface area (Å²) < 4.78 is 51.8. The first-order chi connectivity index (χ1) is 22.2. The van der Waals surface area contributed by atoms with Gasteiger partial charge in [0.1, 0.15) is 16.7 Å². The highest BCUT2D eigenvalue weighted by Gasteiger charge is 2.41. The van der Waals surface area contributed by atoms with Gasteiger partial charge in [0.2, 0.25) is 5.12 Å². The summed E-state index contributed by atoms with van der Waals surface area (Å²) in [5.41, 5.74) is 2.41. The van der Waals surface area contributed by atoms with Crippen molar-refractivity contribution < 1.29 is 32.2 Å². The Morgan fingerprint density at radius 2 is 1.11 bits per heavy atom. The van der Waals surface area contributed by atoms with Crippen LogP contribution in [-0.2, 0) is 0 Å². The van der Waals surface area contributed by atoms with E-state index in [4.69, 9.17) is 9.47 Å². The Morgan fingerprint density at radius 3 is 1.67 bits per heavy atom. The van der Waals surface area contributed by atoms with Gasteiger partial charge >= 0.3 is 12.1 Å². The number of carbonyl (C=O) groups excluding carboxylic acids is 2. The Balaban J connectivity index is 1.45. The minimum Gasteiger partial charge on any atom is -0.494 e. The van der Waals surface area contributed by atoms with E-state index in [0.717, 1.165) is 36.1 Å². The molecule has 46 heavy (non-hydrogen) atoms. The predicted octanol–water partition coefficient (Wildman–Crippen LogP) is 11.9. The molecule has 0 bridgehead atoms. The Labute approximate surface area is 276 Å². The Kier molecular flexibility index (Phi) is 16.2. The average molecular weight is 657 g/mol. The molecule has 0 aromatic heterocycles. The quantitative estimate of drug-likeness (QED) is 0.0688. The Hall–Kier alpha value is -3.26. The van der Waals surface area contributed by atoms with E-state index in [2.05, 4.69) is 6.92 Å². The van der Waals surface area contributed by atoms with E-state index in [-0.39, 0.29) is 17.7 Å². The van der Waals surface area contributed by atoms with Crippen LogP contribution in [0.25, 0.3) is 11.1 Å². The van der Waals surface area contributed by atoms with Crippen LogP contribution in [0.3, 0.4) is 0 Å². The molecule has 0 N–H and O–H groups in total. The van der Waals surface area contributed by atoms with Gasteiger partial charge < -0.3 is 9.47 Å². The molecule has 0 saturated heterocycles. The van der Waals surface area contributed by atoms with Crippen molar-refractivity contribution in [2.24, 2.45) is 0 Å². The minimum atomic E-state index is -4.46. The standard InChI is InChI=1S/C38H47F3O4S/c1-3-5-7-9-10-11-12-14-28-44-33-24-20-30(21-25-33)29-16-18-31(19-17-29)36(42)45-34-26-22-32(23-27-34)37(43)46-35(38(39,40)41)15-13-8-6-4-2/h16-27,35H,3-15,28H2,1-2H3/t35-/m0/s1. The highest BCUT2D eigenvalue weighted by atomic mass is 32.2. The maximum absolute atomic E-state index is 13.5. The third-order valence-corrected chi connectivity index (χ3v) is 9.05. The molecule has 0 fully saturated rings. The first kappa shape index (κ1) is 37.2. The molecule has 0 aliphatic heterocycles. The smallest absolute Gasteiger partial charge is 0.401 e. The van der Waals surface area contributed by atoms with Crippen LogP contribution in [0, 0.1) is 0 Å². The molecule has 3 aromatic carbocycles. The van der Waals surface area contributed by atoms with E-state index in [0.29, 0.717) is 36.8 Å². The summed E-state index contributed by atoms with van der Waals surface area (Å²) in [6.45, 7) is 4.93. The predicted molar refractivity (Wildman–Crippen MR) is 182 cm³/mol. The molecule has 0 aliphatic rings.